The maximum absolute atomic E-state index is 13.5. The topological polar surface area (TPSA) is 98.3 Å². The summed E-state index contributed by atoms with van der Waals surface area (Å²) in [6.07, 6.45) is 0. The van der Waals surface area contributed by atoms with Crippen LogP contribution in [-0.4, -0.2) is 10.8 Å². The number of benzene rings is 2. The molecule has 3 N–H and O–H groups in total. The van der Waals surface area contributed by atoms with E-state index >= 15 is 0 Å². The molecule has 2 rings (SSSR count). The number of nitro groups is 1. The molecule has 0 heterocycles. The molecule has 0 saturated heterocycles. The quantitative estimate of drug-likeness (QED) is 0.655. The van der Waals surface area contributed by atoms with Gasteiger partial charge in [-0.3, -0.25) is 14.9 Å². The second-order valence-electron chi connectivity index (χ2n) is 4.44. The molecule has 0 aliphatic heterocycles. The van der Waals surface area contributed by atoms with E-state index in [1.165, 1.54) is 12.1 Å². The fourth-order valence-corrected chi connectivity index (χ4v) is 1.86. The van der Waals surface area contributed by atoms with Crippen molar-refractivity contribution in [1.82, 2.24) is 0 Å². The number of nitro benzene ring substituents is 1. The summed E-state index contributed by atoms with van der Waals surface area (Å²) in [6, 6.07) is 6.56. The Kier molecular flexibility index (Phi) is 4.31. The van der Waals surface area contributed by atoms with E-state index < -0.39 is 22.5 Å². The van der Waals surface area contributed by atoms with Crippen LogP contribution in [0.3, 0.4) is 0 Å². The fraction of sp³-hybridized carbons (Fsp3) is 0.0714. The van der Waals surface area contributed by atoms with Crippen LogP contribution in [0.5, 0.6) is 0 Å². The van der Waals surface area contributed by atoms with Gasteiger partial charge in [-0.2, -0.15) is 0 Å². The van der Waals surface area contributed by atoms with Gasteiger partial charge in [-0.15, -0.1) is 0 Å². The van der Waals surface area contributed by atoms with E-state index in [0.29, 0.717) is 0 Å². The van der Waals surface area contributed by atoms with Crippen LogP contribution in [0.4, 0.5) is 20.2 Å². The van der Waals surface area contributed by atoms with Crippen LogP contribution in [0.25, 0.3) is 0 Å². The van der Waals surface area contributed by atoms with E-state index in [2.05, 4.69) is 5.32 Å². The molecule has 1 amide bonds. The van der Waals surface area contributed by atoms with Crippen molar-refractivity contribution in [3.8, 4) is 0 Å². The number of nitrogens with two attached hydrogens (primary N) is 1. The number of primary amides is 1. The Morgan fingerprint density at radius 2 is 1.95 bits per heavy atom. The molecular formula is C14H11F2N3O3. The number of carbonyl (C=O) groups is 1. The van der Waals surface area contributed by atoms with Gasteiger partial charge < -0.3 is 11.1 Å². The summed E-state index contributed by atoms with van der Waals surface area (Å²) >= 11 is 0. The van der Waals surface area contributed by atoms with Crippen molar-refractivity contribution >= 4 is 17.3 Å². The number of anilines is 1. The molecule has 0 unspecified atom stereocenters. The first-order valence-corrected chi connectivity index (χ1v) is 6.14. The molecule has 6 nitrogen and oxygen atoms in total. The van der Waals surface area contributed by atoms with E-state index in [1.54, 1.807) is 0 Å². The molecule has 0 radical (unpaired) electrons. The van der Waals surface area contributed by atoms with Crippen LogP contribution in [0.1, 0.15) is 15.9 Å². The van der Waals surface area contributed by atoms with Crippen molar-refractivity contribution in [2.45, 2.75) is 6.54 Å². The van der Waals surface area contributed by atoms with Crippen LogP contribution in [0.2, 0.25) is 0 Å². The Bertz CT molecular complexity index is 750. The van der Waals surface area contributed by atoms with Gasteiger partial charge in [0.2, 0.25) is 5.91 Å². The van der Waals surface area contributed by atoms with Crippen molar-refractivity contribution in [1.29, 1.82) is 0 Å². The van der Waals surface area contributed by atoms with Crippen LogP contribution < -0.4 is 11.1 Å². The lowest BCUT2D eigenvalue weighted by molar-refractivity contribution is -0.385. The zero-order chi connectivity index (χ0) is 16.3. The van der Waals surface area contributed by atoms with E-state index in [1.807, 2.05) is 0 Å². The number of hydrogen-bond donors (Lipinski definition) is 2. The molecule has 114 valence electrons. The van der Waals surface area contributed by atoms with E-state index in [-0.39, 0.29) is 29.0 Å². The SMILES string of the molecule is NC(=O)c1ccc(CNc2cc(F)ccc2F)c([N+](=O)[O-])c1. The maximum Gasteiger partial charge on any atom is 0.275 e. The molecule has 2 aromatic rings. The average molecular weight is 307 g/mol. The Morgan fingerprint density at radius 3 is 2.59 bits per heavy atom. The number of rotatable bonds is 5. The van der Waals surface area contributed by atoms with Crippen LogP contribution in [-0.2, 0) is 6.54 Å². The highest BCUT2D eigenvalue weighted by atomic mass is 19.1. The summed E-state index contributed by atoms with van der Waals surface area (Å²) in [5, 5.41) is 13.6. The molecule has 22 heavy (non-hydrogen) atoms. The molecule has 0 aliphatic carbocycles. The van der Waals surface area contributed by atoms with E-state index in [0.717, 1.165) is 24.3 Å². The van der Waals surface area contributed by atoms with Gasteiger partial charge in [0.05, 0.1) is 10.6 Å². The highest BCUT2D eigenvalue weighted by Crippen LogP contribution is 2.23. The minimum Gasteiger partial charge on any atom is -0.378 e. The van der Waals surface area contributed by atoms with Crippen molar-refractivity contribution in [3.63, 3.8) is 0 Å². The van der Waals surface area contributed by atoms with Crippen LogP contribution in [0.15, 0.2) is 36.4 Å². The van der Waals surface area contributed by atoms with Gasteiger partial charge in [0.25, 0.3) is 5.69 Å². The van der Waals surface area contributed by atoms with Gasteiger partial charge >= 0.3 is 0 Å². The van der Waals surface area contributed by atoms with Gasteiger partial charge in [0.1, 0.15) is 11.6 Å². The summed E-state index contributed by atoms with van der Waals surface area (Å²) in [5.41, 5.74) is 4.82. The lowest BCUT2D eigenvalue weighted by atomic mass is 10.1. The standard InChI is InChI=1S/C14H11F2N3O3/c15-10-3-4-11(16)12(6-10)18-7-9-2-1-8(14(17)20)5-13(9)19(21)22/h1-6,18H,7H2,(H2,17,20). The van der Waals surface area contributed by atoms with Crippen molar-refractivity contribution in [3.05, 3.63) is 69.3 Å². The number of nitrogens with one attached hydrogen (secondary N) is 1. The third kappa shape index (κ3) is 3.35. The minimum atomic E-state index is -0.793. The maximum atomic E-state index is 13.5. The zero-order valence-corrected chi connectivity index (χ0v) is 11.2. The molecule has 0 bridgehead atoms. The monoisotopic (exact) mass is 307 g/mol. The molecular weight excluding hydrogens is 296 g/mol. The molecule has 0 saturated carbocycles. The smallest absolute Gasteiger partial charge is 0.275 e. The second-order valence-corrected chi connectivity index (χ2v) is 4.44. The van der Waals surface area contributed by atoms with Crippen molar-refractivity contribution in [2.75, 3.05) is 5.32 Å². The molecule has 0 spiro atoms. The number of halogens is 2. The number of nitrogens with zero attached hydrogens (tertiary/aromatic N) is 1. The van der Waals surface area contributed by atoms with Gasteiger partial charge in [0, 0.05) is 23.7 Å². The average Bonchev–Trinajstić information content (AvgIpc) is 2.47. The predicted octanol–water partition coefficient (Wildman–Crippen LogP) is 2.58. The van der Waals surface area contributed by atoms with Crippen LogP contribution >= 0.6 is 0 Å². The molecule has 2 aromatic carbocycles. The van der Waals surface area contributed by atoms with Gasteiger partial charge in [-0.05, 0) is 30.3 Å². The fourth-order valence-electron chi connectivity index (χ4n) is 1.86. The Morgan fingerprint density at radius 1 is 1.23 bits per heavy atom. The predicted molar refractivity (Wildman–Crippen MR) is 75.3 cm³/mol. The van der Waals surface area contributed by atoms with Crippen LogP contribution in [0, 0.1) is 21.7 Å². The van der Waals surface area contributed by atoms with E-state index in [4.69, 9.17) is 5.73 Å². The summed E-state index contributed by atoms with van der Waals surface area (Å²) in [5.74, 6) is -2.11. The first-order valence-electron chi connectivity index (χ1n) is 6.14. The summed E-state index contributed by atoms with van der Waals surface area (Å²) in [6.45, 7) is -0.115. The first-order chi connectivity index (χ1) is 10.4. The number of hydrogen-bond acceptors (Lipinski definition) is 4. The van der Waals surface area contributed by atoms with Gasteiger partial charge in [-0.25, -0.2) is 8.78 Å². The first kappa shape index (κ1) is 15.4. The lowest BCUT2D eigenvalue weighted by Crippen LogP contribution is -2.12. The molecule has 0 aliphatic rings. The number of amides is 1. The summed E-state index contributed by atoms with van der Waals surface area (Å²) < 4.78 is 26.5. The van der Waals surface area contributed by atoms with E-state index in [9.17, 15) is 23.7 Å². The Labute approximate surface area is 123 Å². The van der Waals surface area contributed by atoms with Gasteiger partial charge in [0.15, 0.2) is 0 Å². The third-order valence-electron chi connectivity index (χ3n) is 2.96. The highest BCUT2D eigenvalue weighted by molar-refractivity contribution is 5.93. The zero-order valence-electron chi connectivity index (χ0n) is 11.2. The molecule has 0 atom stereocenters. The lowest BCUT2D eigenvalue weighted by Gasteiger charge is -2.09. The molecule has 0 fully saturated rings. The highest BCUT2D eigenvalue weighted by Gasteiger charge is 2.16. The summed E-state index contributed by atoms with van der Waals surface area (Å²) in [4.78, 5) is 21.4. The largest absolute Gasteiger partial charge is 0.378 e. The van der Waals surface area contributed by atoms with Crippen molar-refractivity contribution in [2.24, 2.45) is 5.73 Å². The third-order valence-corrected chi connectivity index (χ3v) is 2.96. The Balaban J connectivity index is 2.27. The molecule has 0 aromatic heterocycles. The Hall–Kier alpha value is -3.03. The molecule has 8 heteroatoms. The summed E-state index contributed by atoms with van der Waals surface area (Å²) in [7, 11) is 0. The van der Waals surface area contributed by atoms with Gasteiger partial charge in [-0.1, -0.05) is 0 Å². The van der Waals surface area contributed by atoms with Crippen molar-refractivity contribution < 1.29 is 18.5 Å². The minimum absolute atomic E-state index is 0.00705. The second kappa shape index (κ2) is 6.17. The normalized spacial score (nSPS) is 10.3. The number of carbonyl (C=O) groups excluding carboxylic acids is 1.